The third kappa shape index (κ3) is 1.97. The lowest BCUT2D eigenvalue weighted by Crippen LogP contribution is -2.12. The molecule has 0 spiro atoms. The van der Waals surface area contributed by atoms with Crippen molar-refractivity contribution in [3.05, 3.63) is 17.8 Å². The molecule has 1 aromatic heterocycles. The maximum atomic E-state index is 5.84. The van der Waals surface area contributed by atoms with E-state index in [2.05, 4.69) is 4.98 Å². The van der Waals surface area contributed by atoms with Crippen molar-refractivity contribution < 1.29 is 4.74 Å². The summed E-state index contributed by atoms with van der Waals surface area (Å²) in [6.07, 6.45) is 7.02. The number of hydrogen-bond donors (Lipinski definition) is 1. The van der Waals surface area contributed by atoms with Gasteiger partial charge in [-0.05, 0) is 44.2 Å². The zero-order valence-electron chi connectivity index (χ0n) is 8.49. The van der Waals surface area contributed by atoms with Gasteiger partial charge in [0.25, 0.3) is 0 Å². The molecule has 0 bridgehead atoms. The lowest BCUT2D eigenvalue weighted by molar-refractivity contribution is 0.208. The fraction of sp³-hybridized carbons (Fsp3) is 0.545. The van der Waals surface area contributed by atoms with Crippen molar-refractivity contribution in [3.63, 3.8) is 0 Å². The van der Waals surface area contributed by atoms with Gasteiger partial charge in [0, 0.05) is 0 Å². The Labute approximate surface area is 84.3 Å². The molecule has 0 atom stereocenters. The summed E-state index contributed by atoms with van der Waals surface area (Å²) in [6.45, 7) is 2.00. The third-order valence-electron chi connectivity index (χ3n) is 2.68. The molecule has 0 unspecified atom stereocenters. The van der Waals surface area contributed by atoms with Crippen LogP contribution in [0.2, 0.25) is 0 Å². The molecule has 76 valence electrons. The molecule has 3 heteroatoms. The second-order valence-corrected chi connectivity index (χ2v) is 3.90. The molecule has 14 heavy (non-hydrogen) atoms. The van der Waals surface area contributed by atoms with Gasteiger partial charge in [0.15, 0.2) is 0 Å². The standard InChI is InChI=1S/C11H16N2O/c1-8-6-11(12)13-7-10(8)14-9-4-2-3-5-9/h6-7,9H,2-5H2,1H3,(H2,12,13). The highest BCUT2D eigenvalue weighted by Crippen LogP contribution is 2.26. The highest BCUT2D eigenvalue weighted by Gasteiger charge is 2.17. The number of nitrogens with two attached hydrogens (primary N) is 1. The van der Waals surface area contributed by atoms with Crippen LogP contribution in [-0.2, 0) is 0 Å². The quantitative estimate of drug-likeness (QED) is 0.782. The predicted molar refractivity (Wildman–Crippen MR) is 56.3 cm³/mol. The van der Waals surface area contributed by atoms with Gasteiger partial charge in [-0.25, -0.2) is 4.98 Å². The average Bonchev–Trinajstić information content (AvgIpc) is 2.62. The summed E-state index contributed by atoms with van der Waals surface area (Å²) in [5.74, 6) is 1.44. The Kier molecular flexibility index (Phi) is 2.57. The fourth-order valence-corrected chi connectivity index (χ4v) is 1.87. The Balaban J connectivity index is 2.08. The number of aromatic nitrogens is 1. The third-order valence-corrected chi connectivity index (χ3v) is 2.68. The zero-order chi connectivity index (χ0) is 9.97. The molecule has 2 N–H and O–H groups in total. The SMILES string of the molecule is Cc1cc(N)ncc1OC1CCCC1. The minimum atomic E-state index is 0.388. The van der Waals surface area contributed by atoms with E-state index in [9.17, 15) is 0 Å². The predicted octanol–water partition coefficient (Wildman–Crippen LogP) is 2.29. The van der Waals surface area contributed by atoms with E-state index in [1.54, 1.807) is 6.20 Å². The summed E-state index contributed by atoms with van der Waals surface area (Å²) in [5, 5.41) is 0. The van der Waals surface area contributed by atoms with Crippen molar-refractivity contribution in [1.29, 1.82) is 0 Å². The minimum absolute atomic E-state index is 0.388. The van der Waals surface area contributed by atoms with E-state index in [1.807, 2.05) is 13.0 Å². The smallest absolute Gasteiger partial charge is 0.141 e. The monoisotopic (exact) mass is 192 g/mol. The average molecular weight is 192 g/mol. The van der Waals surface area contributed by atoms with Crippen molar-refractivity contribution in [2.75, 3.05) is 5.73 Å². The molecule has 1 aliphatic rings. The minimum Gasteiger partial charge on any atom is -0.489 e. The number of rotatable bonds is 2. The lowest BCUT2D eigenvalue weighted by atomic mass is 10.2. The van der Waals surface area contributed by atoms with Gasteiger partial charge in [0.1, 0.15) is 11.6 Å². The van der Waals surface area contributed by atoms with Crippen LogP contribution in [0.1, 0.15) is 31.2 Å². The molecule has 0 aliphatic heterocycles. The number of nitrogens with zero attached hydrogens (tertiary/aromatic N) is 1. The van der Waals surface area contributed by atoms with Crippen LogP contribution < -0.4 is 10.5 Å². The highest BCUT2D eigenvalue weighted by molar-refractivity contribution is 5.39. The Bertz CT molecular complexity index is 319. The first-order valence-corrected chi connectivity index (χ1v) is 5.14. The number of aryl methyl sites for hydroxylation is 1. The van der Waals surface area contributed by atoms with E-state index in [0.29, 0.717) is 11.9 Å². The molecule has 1 aromatic rings. The molecule has 0 radical (unpaired) electrons. The number of nitrogen functional groups attached to an aromatic ring is 1. The van der Waals surface area contributed by atoms with Gasteiger partial charge in [0.2, 0.25) is 0 Å². The van der Waals surface area contributed by atoms with E-state index < -0.39 is 0 Å². The van der Waals surface area contributed by atoms with Crippen LogP contribution in [-0.4, -0.2) is 11.1 Å². The summed E-state index contributed by atoms with van der Waals surface area (Å²) in [7, 11) is 0. The van der Waals surface area contributed by atoms with Crippen molar-refractivity contribution in [1.82, 2.24) is 4.98 Å². The first-order valence-electron chi connectivity index (χ1n) is 5.14. The van der Waals surface area contributed by atoms with Crippen LogP contribution in [0.5, 0.6) is 5.75 Å². The maximum absolute atomic E-state index is 5.84. The topological polar surface area (TPSA) is 48.1 Å². The number of pyridine rings is 1. The van der Waals surface area contributed by atoms with E-state index in [-0.39, 0.29) is 0 Å². The normalized spacial score (nSPS) is 17.2. The summed E-state index contributed by atoms with van der Waals surface area (Å²) in [6, 6.07) is 1.85. The number of hydrogen-bond acceptors (Lipinski definition) is 3. The Morgan fingerprint density at radius 3 is 2.79 bits per heavy atom. The Morgan fingerprint density at radius 1 is 1.43 bits per heavy atom. The van der Waals surface area contributed by atoms with Crippen LogP contribution in [0.4, 0.5) is 5.82 Å². The van der Waals surface area contributed by atoms with Crippen LogP contribution in [0.3, 0.4) is 0 Å². The number of anilines is 1. The van der Waals surface area contributed by atoms with Crippen LogP contribution in [0.15, 0.2) is 12.3 Å². The van der Waals surface area contributed by atoms with E-state index in [0.717, 1.165) is 11.3 Å². The van der Waals surface area contributed by atoms with Crippen molar-refractivity contribution >= 4 is 5.82 Å². The molecular formula is C11H16N2O. The van der Waals surface area contributed by atoms with E-state index in [4.69, 9.17) is 10.5 Å². The summed E-state index contributed by atoms with van der Waals surface area (Å²) >= 11 is 0. The van der Waals surface area contributed by atoms with Crippen molar-refractivity contribution in [2.24, 2.45) is 0 Å². The molecule has 0 aromatic carbocycles. The molecular weight excluding hydrogens is 176 g/mol. The van der Waals surface area contributed by atoms with Crippen molar-refractivity contribution in [3.8, 4) is 5.75 Å². The molecule has 0 amide bonds. The van der Waals surface area contributed by atoms with Gasteiger partial charge in [-0.3, -0.25) is 0 Å². The van der Waals surface area contributed by atoms with Gasteiger partial charge in [-0.1, -0.05) is 0 Å². The Morgan fingerprint density at radius 2 is 2.14 bits per heavy atom. The van der Waals surface area contributed by atoms with Gasteiger partial charge in [0.05, 0.1) is 12.3 Å². The van der Waals surface area contributed by atoms with Gasteiger partial charge in [-0.2, -0.15) is 0 Å². The van der Waals surface area contributed by atoms with E-state index in [1.165, 1.54) is 25.7 Å². The maximum Gasteiger partial charge on any atom is 0.141 e. The highest BCUT2D eigenvalue weighted by atomic mass is 16.5. The second-order valence-electron chi connectivity index (χ2n) is 3.90. The van der Waals surface area contributed by atoms with Crippen molar-refractivity contribution in [2.45, 2.75) is 38.7 Å². The molecule has 1 saturated carbocycles. The van der Waals surface area contributed by atoms with Crippen LogP contribution in [0, 0.1) is 6.92 Å². The largest absolute Gasteiger partial charge is 0.489 e. The van der Waals surface area contributed by atoms with Gasteiger partial charge in [-0.15, -0.1) is 0 Å². The molecule has 1 aliphatic carbocycles. The first-order chi connectivity index (χ1) is 6.75. The zero-order valence-corrected chi connectivity index (χ0v) is 8.49. The van der Waals surface area contributed by atoms with Crippen LogP contribution >= 0.6 is 0 Å². The second kappa shape index (κ2) is 3.86. The van der Waals surface area contributed by atoms with Gasteiger partial charge >= 0.3 is 0 Å². The molecule has 3 nitrogen and oxygen atoms in total. The molecule has 2 rings (SSSR count). The Hall–Kier alpha value is -1.25. The summed E-state index contributed by atoms with van der Waals surface area (Å²) in [4.78, 5) is 4.03. The first kappa shape index (κ1) is 9.31. The van der Waals surface area contributed by atoms with Gasteiger partial charge < -0.3 is 10.5 Å². The van der Waals surface area contributed by atoms with E-state index >= 15 is 0 Å². The summed E-state index contributed by atoms with van der Waals surface area (Å²) in [5.41, 5.74) is 6.64. The van der Waals surface area contributed by atoms with Crippen LogP contribution in [0.25, 0.3) is 0 Å². The number of ether oxygens (including phenoxy) is 1. The lowest BCUT2D eigenvalue weighted by Gasteiger charge is -2.14. The molecule has 0 saturated heterocycles. The fourth-order valence-electron chi connectivity index (χ4n) is 1.87. The summed E-state index contributed by atoms with van der Waals surface area (Å²) < 4.78 is 5.84. The molecule has 1 fully saturated rings. The molecule has 1 heterocycles.